The first-order valence-electron chi connectivity index (χ1n) is 4.82. The molecule has 0 bridgehead atoms. The van der Waals surface area contributed by atoms with Crippen LogP contribution >= 0.6 is 12.4 Å². The van der Waals surface area contributed by atoms with E-state index in [9.17, 15) is 4.79 Å². The van der Waals surface area contributed by atoms with Crippen LogP contribution in [0.1, 0.15) is 6.92 Å². The summed E-state index contributed by atoms with van der Waals surface area (Å²) in [6.07, 6.45) is -0.612. The maximum absolute atomic E-state index is 11.3. The average Bonchev–Trinajstić information content (AvgIpc) is 2.27. The normalized spacial score (nSPS) is 11.1. The molecule has 0 saturated heterocycles. The first-order chi connectivity index (χ1) is 7.24. The first kappa shape index (κ1) is 14.7. The zero-order valence-corrected chi connectivity index (χ0v) is 9.91. The molecule has 0 aliphatic rings. The van der Waals surface area contributed by atoms with Gasteiger partial charge in [0, 0.05) is 6.54 Å². The van der Waals surface area contributed by atoms with Gasteiger partial charge in [-0.15, -0.1) is 12.4 Å². The second kappa shape index (κ2) is 7.96. The number of hydrogen-bond donors (Lipinski definition) is 1. The van der Waals surface area contributed by atoms with Crippen LogP contribution in [-0.4, -0.2) is 25.2 Å². The van der Waals surface area contributed by atoms with Gasteiger partial charge in [0.15, 0.2) is 6.10 Å². The summed E-state index contributed by atoms with van der Waals surface area (Å²) in [5.74, 6) is 0.249. The van der Waals surface area contributed by atoms with Crippen molar-refractivity contribution < 1.29 is 14.3 Å². The van der Waals surface area contributed by atoms with Crippen molar-refractivity contribution in [2.24, 2.45) is 5.73 Å². The van der Waals surface area contributed by atoms with E-state index in [1.54, 1.807) is 19.1 Å². The van der Waals surface area contributed by atoms with Crippen LogP contribution in [0.4, 0.5) is 0 Å². The second-order valence-electron chi connectivity index (χ2n) is 3.03. The number of esters is 1. The van der Waals surface area contributed by atoms with Gasteiger partial charge in [-0.1, -0.05) is 18.2 Å². The fourth-order valence-electron chi connectivity index (χ4n) is 1.03. The highest BCUT2D eigenvalue weighted by Crippen LogP contribution is 2.11. The lowest BCUT2D eigenvalue weighted by molar-refractivity contribution is -0.150. The van der Waals surface area contributed by atoms with E-state index in [1.807, 2.05) is 18.2 Å². The van der Waals surface area contributed by atoms with E-state index < -0.39 is 12.1 Å². The minimum atomic E-state index is -0.612. The Balaban J connectivity index is 0.00000225. The average molecular weight is 246 g/mol. The Kier molecular flexibility index (Phi) is 7.33. The Morgan fingerprint density at radius 1 is 1.38 bits per heavy atom. The highest BCUT2D eigenvalue weighted by molar-refractivity contribution is 5.85. The highest BCUT2D eigenvalue weighted by atomic mass is 35.5. The molecular weight excluding hydrogens is 230 g/mol. The lowest BCUT2D eigenvalue weighted by Gasteiger charge is -2.13. The molecule has 0 radical (unpaired) electrons. The maximum Gasteiger partial charge on any atom is 0.347 e. The van der Waals surface area contributed by atoms with Gasteiger partial charge in [0.2, 0.25) is 0 Å². The van der Waals surface area contributed by atoms with Crippen molar-refractivity contribution in [3.63, 3.8) is 0 Å². The topological polar surface area (TPSA) is 61.5 Å². The molecule has 1 aromatic rings. The molecule has 4 nitrogen and oxygen atoms in total. The van der Waals surface area contributed by atoms with Gasteiger partial charge in [-0.2, -0.15) is 0 Å². The number of rotatable bonds is 5. The molecule has 0 aliphatic heterocycles. The first-order valence-corrected chi connectivity index (χ1v) is 4.82. The number of nitrogens with two attached hydrogens (primary N) is 1. The van der Waals surface area contributed by atoms with E-state index in [0.29, 0.717) is 12.3 Å². The second-order valence-corrected chi connectivity index (χ2v) is 3.03. The molecule has 1 atom stereocenters. The number of benzene rings is 1. The van der Waals surface area contributed by atoms with Crippen molar-refractivity contribution in [3.8, 4) is 5.75 Å². The lowest BCUT2D eigenvalue weighted by Crippen LogP contribution is -2.27. The molecular formula is C11H16ClNO3. The van der Waals surface area contributed by atoms with E-state index in [2.05, 4.69) is 0 Å². The van der Waals surface area contributed by atoms with Crippen molar-refractivity contribution >= 4 is 18.4 Å². The van der Waals surface area contributed by atoms with Crippen molar-refractivity contribution in [1.82, 2.24) is 0 Å². The molecule has 16 heavy (non-hydrogen) atoms. The third-order valence-electron chi connectivity index (χ3n) is 1.75. The van der Waals surface area contributed by atoms with E-state index in [-0.39, 0.29) is 19.0 Å². The summed E-state index contributed by atoms with van der Waals surface area (Å²) in [6, 6.07) is 9.13. The van der Waals surface area contributed by atoms with Crippen LogP contribution in [0.25, 0.3) is 0 Å². The predicted octanol–water partition coefficient (Wildman–Crippen LogP) is 1.38. The molecule has 1 aromatic carbocycles. The standard InChI is InChI=1S/C11H15NO3.ClH/c1-9(11(13)14-8-7-12)15-10-5-3-2-4-6-10;/h2-6,9H,7-8,12H2,1H3;1H. The molecule has 0 saturated carbocycles. The molecule has 90 valence electrons. The van der Waals surface area contributed by atoms with Crippen LogP contribution < -0.4 is 10.5 Å². The fraction of sp³-hybridized carbons (Fsp3) is 0.364. The molecule has 0 amide bonds. The summed E-state index contributed by atoms with van der Waals surface area (Å²) >= 11 is 0. The van der Waals surface area contributed by atoms with Gasteiger partial charge in [-0.05, 0) is 19.1 Å². The van der Waals surface area contributed by atoms with Gasteiger partial charge in [-0.3, -0.25) is 0 Å². The Hall–Kier alpha value is -1.26. The molecule has 0 spiro atoms. The zero-order chi connectivity index (χ0) is 11.1. The highest BCUT2D eigenvalue weighted by Gasteiger charge is 2.15. The molecule has 1 unspecified atom stereocenters. The van der Waals surface area contributed by atoms with Gasteiger partial charge in [-0.25, -0.2) is 4.79 Å². The van der Waals surface area contributed by atoms with Crippen molar-refractivity contribution in [2.45, 2.75) is 13.0 Å². The summed E-state index contributed by atoms with van der Waals surface area (Å²) < 4.78 is 10.2. The zero-order valence-electron chi connectivity index (χ0n) is 9.09. The molecule has 0 aliphatic carbocycles. The lowest BCUT2D eigenvalue weighted by atomic mass is 10.3. The quantitative estimate of drug-likeness (QED) is 0.796. The van der Waals surface area contributed by atoms with Crippen LogP contribution in [0.3, 0.4) is 0 Å². The summed E-state index contributed by atoms with van der Waals surface area (Å²) in [4.78, 5) is 11.3. The smallest absolute Gasteiger partial charge is 0.347 e. The van der Waals surface area contributed by atoms with Crippen LogP contribution in [0.5, 0.6) is 5.75 Å². The van der Waals surface area contributed by atoms with Gasteiger partial charge in [0.1, 0.15) is 12.4 Å². The van der Waals surface area contributed by atoms with Crippen molar-refractivity contribution in [2.75, 3.05) is 13.2 Å². The summed E-state index contributed by atoms with van der Waals surface area (Å²) in [6.45, 7) is 2.19. The molecule has 1 rings (SSSR count). The van der Waals surface area contributed by atoms with Gasteiger partial charge in [0.25, 0.3) is 0 Å². The number of carbonyl (C=O) groups excluding carboxylic acids is 1. The molecule has 5 heteroatoms. The van der Waals surface area contributed by atoms with Crippen molar-refractivity contribution in [1.29, 1.82) is 0 Å². The third kappa shape index (κ3) is 5.00. The SMILES string of the molecule is CC(Oc1ccccc1)C(=O)OCCN.Cl. The van der Waals surface area contributed by atoms with Gasteiger partial charge in [0.05, 0.1) is 0 Å². The van der Waals surface area contributed by atoms with E-state index in [1.165, 1.54) is 0 Å². The molecule has 0 aromatic heterocycles. The van der Waals surface area contributed by atoms with E-state index >= 15 is 0 Å². The number of ether oxygens (including phenoxy) is 2. The van der Waals surface area contributed by atoms with Crippen LogP contribution in [0.2, 0.25) is 0 Å². The number of hydrogen-bond acceptors (Lipinski definition) is 4. The predicted molar refractivity (Wildman–Crippen MR) is 63.8 cm³/mol. The van der Waals surface area contributed by atoms with Gasteiger partial charge < -0.3 is 15.2 Å². The van der Waals surface area contributed by atoms with Crippen LogP contribution in [-0.2, 0) is 9.53 Å². The number of para-hydroxylation sites is 1. The molecule has 0 fully saturated rings. The van der Waals surface area contributed by atoms with E-state index in [0.717, 1.165) is 0 Å². The monoisotopic (exact) mass is 245 g/mol. The molecule has 0 heterocycles. The third-order valence-corrected chi connectivity index (χ3v) is 1.75. The summed E-state index contributed by atoms with van der Waals surface area (Å²) in [5, 5.41) is 0. The van der Waals surface area contributed by atoms with Crippen LogP contribution in [0.15, 0.2) is 30.3 Å². The van der Waals surface area contributed by atoms with Gasteiger partial charge >= 0.3 is 5.97 Å². The minimum Gasteiger partial charge on any atom is -0.479 e. The number of halogens is 1. The summed E-state index contributed by atoms with van der Waals surface area (Å²) in [5.41, 5.74) is 5.21. The number of carbonyl (C=O) groups is 1. The largest absolute Gasteiger partial charge is 0.479 e. The Morgan fingerprint density at radius 2 is 2.00 bits per heavy atom. The maximum atomic E-state index is 11.3. The van der Waals surface area contributed by atoms with Crippen molar-refractivity contribution in [3.05, 3.63) is 30.3 Å². The Morgan fingerprint density at radius 3 is 2.56 bits per heavy atom. The fourth-order valence-corrected chi connectivity index (χ4v) is 1.03. The minimum absolute atomic E-state index is 0. The Labute approximate surface area is 101 Å². The Bertz CT molecular complexity index is 305. The van der Waals surface area contributed by atoms with E-state index in [4.69, 9.17) is 15.2 Å². The molecule has 2 N–H and O–H groups in total. The summed E-state index contributed by atoms with van der Waals surface area (Å²) in [7, 11) is 0. The van der Waals surface area contributed by atoms with Crippen LogP contribution in [0, 0.1) is 0 Å².